The Morgan fingerprint density at radius 2 is 2.07 bits per heavy atom. The number of likely N-dealkylation sites (N-methyl/N-ethyl adjacent to an activating group) is 1. The Morgan fingerprint density at radius 1 is 1.30 bits per heavy atom. The zero-order valence-corrected chi connectivity index (χ0v) is 17.0. The van der Waals surface area contributed by atoms with Crippen LogP contribution < -0.4 is 10.2 Å². The van der Waals surface area contributed by atoms with Gasteiger partial charge in [0.2, 0.25) is 0 Å². The summed E-state index contributed by atoms with van der Waals surface area (Å²) in [5.74, 6) is 2.49. The fraction of sp³-hybridized carbons (Fsp3) is 0.526. The summed E-state index contributed by atoms with van der Waals surface area (Å²) in [5, 5.41) is 3.59. The third kappa shape index (κ3) is 5.71. The normalized spacial score (nSPS) is 14.1. The minimum absolute atomic E-state index is 0.184. The molecule has 27 heavy (non-hydrogen) atoms. The number of furan rings is 1. The van der Waals surface area contributed by atoms with Crippen LogP contribution in [-0.2, 0) is 5.75 Å². The molecule has 1 saturated heterocycles. The molecule has 0 bridgehead atoms. The van der Waals surface area contributed by atoms with Crippen molar-refractivity contribution in [3.63, 3.8) is 0 Å². The number of nitrogens with one attached hydrogen (secondary N) is 1. The van der Waals surface area contributed by atoms with Crippen LogP contribution in [0.3, 0.4) is 0 Å². The van der Waals surface area contributed by atoms with E-state index in [-0.39, 0.29) is 5.91 Å². The molecule has 146 valence electrons. The number of hydrogen-bond acceptors (Lipinski definition) is 7. The first-order chi connectivity index (χ1) is 13.0. The number of rotatable bonds is 8. The van der Waals surface area contributed by atoms with Gasteiger partial charge in [0.1, 0.15) is 11.6 Å². The van der Waals surface area contributed by atoms with Crippen molar-refractivity contribution in [1.29, 1.82) is 0 Å². The average Bonchev–Trinajstić information content (AvgIpc) is 3.31. The van der Waals surface area contributed by atoms with Crippen molar-refractivity contribution < 1.29 is 9.21 Å². The van der Waals surface area contributed by atoms with E-state index in [4.69, 9.17) is 4.42 Å². The average molecular weight is 390 g/mol. The highest BCUT2D eigenvalue weighted by Gasteiger charge is 2.16. The zero-order valence-electron chi connectivity index (χ0n) is 16.2. The van der Waals surface area contributed by atoms with E-state index in [1.165, 1.54) is 24.6 Å². The second-order valence-electron chi connectivity index (χ2n) is 6.96. The van der Waals surface area contributed by atoms with Crippen LogP contribution in [0.1, 0.15) is 34.9 Å². The Kier molecular flexibility index (Phi) is 6.73. The van der Waals surface area contributed by atoms with Gasteiger partial charge in [-0.25, -0.2) is 9.97 Å². The van der Waals surface area contributed by atoms with Gasteiger partial charge in [0.15, 0.2) is 10.9 Å². The topological polar surface area (TPSA) is 74.5 Å². The van der Waals surface area contributed by atoms with Crippen molar-refractivity contribution in [2.45, 2.75) is 30.7 Å². The molecule has 0 unspecified atom stereocenters. The van der Waals surface area contributed by atoms with Gasteiger partial charge >= 0.3 is 0 Å². The molecule has 0 aromatic carbocycles. The van der Waals surface area contributed by atoms with Crippen molar-refractivity contribution in [1.82, 2.24) is 20.2 Å². The van der Waals surface area contributed by atoms with Crippen LogP contribution in [-0.4, -0.2) is 61.0 Å². The maximum Gasteiger partial charge on any atom is 0.287 e. The summed E-state index contributed by atoms with van der Waals surface area (Å²) in [4.78, 5) is 25.6. The minimum atomic E-state index is -0.184. The molecule has 2 aromatic heterocycles. The van der Waals surface area contributed by atoms with E-state index in [9.17, 15) is 4.79 Å². The molecule has 7 nitrogen and oxygen atoms in total. The van der Waals surface area contributed by atoms with E-state index in [2.05, 4.69) is 20.2 Å². The lowest BCUT2D eigenvalue weighted by Gasteiger charge is -2.17. The number of nitrogens with zero attached hydrogens (tertiary/aromatic N) is 4. The number of anilines is 1. The fourth-order valence-corrected chi connectivity index (χ4v) is 3.68. The molecule has 1 fully saturated rings. The summed E-state index contributed by atoms with van der Waals surface area (Å²) in [6.45, 7) is 5.50. The predicted octanol–water partition coefficient (Wildman–Crippen LogP) is 2.56. The van der Waals surface area contributed by atoms with Gasteiger partial charge in [-0.2, -0.15) is 0 Å². The smallest absolute Gasteiger partial charge is 0.287 e. The van der Waals surface area contributed by atoms with E-state index in [0.29, 0.717) is 18.1 Å². The summed E-state index contributed by atoms with van der Waals surface area (Å²) in [5.41, 5.74) is 0.967. The quantitative estimate of drug-likeness (QED) is 0.549. The molecule has 0 saturated carbocycles. The lowest BCUT2D eigenvalue weighted by Crippen LogP contribution is -2.31. The van der Waals surface area contributed by atoms with Gasteiger partial charge in [-0.05, 0) is 46.0 Å². The first kappa shape index (κ1) is 19.7. The number of amides is 1. The summed E-state index contributed by atoms with van der Waals surface area (Å²) < 4.78 is 5.67. The monoisotopic (exact) mass is 389 g/mol. The third-order valence-corrected chi connectivity index (χ3v) is 5.19. The Hall–Kier alpha value is -2.06. The highest BCUT2D eigenvalue weighted by molar-refractivity contribution is 7.98. The van der Waals surface area contributed by atoms with E-state index in [1.54, 1.807) is 6.07 Å². The molecule has 3 heterocycles. The molecule has 8 heteroatoms. The van der Waals surface area contributed by atoms with Crippen LogP contribution in [0.4, 0.5) is 5.82 Å². The molecule has 0 aliphatic carbocycles. The molecule has 3 rings (SSSR count). The molecule has 1 amide bonds. The lowest BCUT2D eigenvalue weighted by atomic mass is 10.4. The minimum Gasteiger partial charge on any atom is -0.455 e. The van der Waals surface area contributed by atoms with E-state index in [1.807, 2.05) is 38.1 Å². The molecule has 2 aromatic rings. The van der Waals surface area contributed by atoms with Crippen LogP contribution in [0.25, 0.3) is 0 Å². The highest BCUT2D eigenvalue weighted by Crippen LogP contribution is 2.25. The molecule has 0 radical (unpaired) electrons. The zero-order chi connectivity index (χ0) is 19.2. The Bertz CT molecular complexity index is 771. The fourth-order valence-electron chi connectivity index (χ4n) is 2.89. The van der Waals surface area contributed by atoms with Crippen molar-refractivity contribution in [3.05, 3.63) is 35.4 Å². The summed E-state index contributed by atoms with van der Waals surface area (Å²) >= 11 is 1.53. The summed E-state index contributed by atoms with van der Waals surface area (Å²) in [7, 11) is 3.94. The number of aromatic nitrogens is 2. The van der Waals surface area contributed by atoms with Crippen molar-refractivity contribution >= 4 is 23.5 Å². The summed E-state index contributed by atoms with van der Waals surface area (Å²) in [6, 6.07) is 5.59. The van der Waals surface area contributed by atoms with Crippen molar-refractivity contribution in [3.8, 4) is 0 Å². The Labute approximate surface area is 164 Å². The first-order valence-electron chi connectivity index (χ1n) is 9.26. The first-order valence-corrected chi connectivity index (χ1v) is 10.2. The number of hydrogen-bond donors (Lipinski definition) is 1. The van der Waals surface area contributed by atoms with Crippen LogP contribution in [0.2, 0.25) is 0 Å². The maximum absolute atomic E-state index is 12.1. The molecule has 0 spiro atoms. The predicted molar refractivity (Wildman–Crippen MR) is 107 cm³/mol. The van der Waals surface area contributed by atoms with Gasteiger partial charge < -0.3 is 19.5 Å². The summed E-state index contributed by atoms with van der Waals surface area (Å²) in [6.07, 6.45) is 2.44. The van der Waals surface area contributed by atoms with Gasteiger partial charge in [0.25, 0.3) is 5.91 Å². The van der Waals surface area contributed by atoms with E-state index < -0.39 is 0 Å². The molecule has 1 aliphatic heterocycles. The molecular formula is C19H27N5O2S. The SMILES string of the molecule is Cc1cc(N2CCCC2)nc(SCc2ccc(C(=O)NCCN(C)C)o2)n1. The standard InChI is InChI=1S/C19H27N5O2S/c1-14-12-17(24-9-4-5-10-24)22-19(21-14)27-13-15-6-7-16(26-15)18(25)20-8-11-23(2)3/h6-7,12H,4-5,8-11,13H2,1-3H3,(H,20,25). The van der Waals surface area contributed by atoms with Gasteiger partial charge in [-0.15, -0.1) is 0 Å². The van der Waals surface area contributed by atoms with Crippen LogP contribution >= 0.6 is 11.8 Å². The largest absolute Gasteiger partial charge is 0.455 e. The van der Waals surface area contributed by atoms with E-state index >= 15 is 0 Å². The molecule has 1 aliphatic rings. The number of carbonyl (C=O) groups excluding carboxylic acids is 1. The van der Waals surface area contributed by atoms with Gasteiger partial charge in [0.05, 0.1) is 5.75 Å². The second kappa shape index (κ2) is 9.23. The van der Waals surface area contributed by atoms with Crippen LogP contribution in [0.5, 0.6) is 0 Å². The van der Waals surface area contributed by atoms with Gasteiger partial charge in [-0.3, -0.25) is 4.79 Å². The van der Waals surface area contributed by atoms with E-state index in [0.717, 1.165) is 42.1 Å². The van der Waals surface area contributed by atoms with Crippen molar-refractivity contribution in [2.24, 2.45) is 0 Å². The van der Waals surface area contributed by atoms with Gasteiger partial charge in [0, 0.05) is 37.9 Å². The highest BCUT2D eigenvalue weighted by atomic mass is 32.2. The van der Waals surface area contributed by atoms with Crippen LogP contribution in [0.15, 0.2) is 27.8 Å². The lowest BCUT2D eigenvalue weighted by molar-refractivity contribution is 0.0922. The molecule has 1 N–H and O–H groups in total. The number of thioether (sulfide) groups is 1. The number of aryl methyl sites for hydroxylation is 1. The third-order valence-electron chi connectivity index (χ3n) is 4.32. The maximum atomic E-state index is 12.1. The van der Waals surface area contributed by atoms with Crippen molar-refractivity contribution in [2.75, 3.05) is 45.2 Å². The molecular weight excluding hydrogens is 362 g/mol. The Balaban J connectivity index is 1.56. The second-order valence-corrected chi connectivity index (χ2v) is 7.90. The Morgan fingerprint density at radius 3 is 2.81 bits per heavy atom. The number of carbonyl (C=O) groups is 1. The molecule has 0 atom stereocenters. The van der Waals surface area contributed by atoms with Gasteiger partial charge in [-0.1, -0.05) is 11.8 Å². The van der Waals surface area contributed by atoms with Crippen LogP contribution in [0, 0.1) is 6.92 Å².